The number of aromatic nitrogens is 2. The molecule has 6 heteroatoms. The van der Waals surface area contributed by atoms with Crippen LogP contribution in [0.2, 0.25) is 0 Å². The maximum Gasteiger partial charge on any atom is 0.266 e. The lowest BCUT2D eigenvalue weighted by Gasteiger charge is -2.31. The molecule has 0 aliphatic heterocycles. The molecular formula is C30H41N3O3. The number of methoxy groups -OCH3 is 1. The molecule has 2 aromatic carbocycles. The van der Waals surface area contributed by atoms with Crippen LogP contribution in [0.3, 0.4) is 0 Å². The summed E-state index contributed by atoms with van der Waals surface area (Å²) in [6, 6.07) is 13.1. The van der Waals surface area contributed by atoms with Gasteiger partial charge in [-0.3, -0.25) is 14.2 Å². The standard InChI is InChI=1S/C30H41N3O3/c1-6-7-8-9-10-16-28(34)32(19-13-20-36-5)24(4)29-31-26-15-12-11-14-25(26)30(35)33(29)27-18-17-22(2)21-23(27)3/h11-12,14-15,17-18,21,24H,6-10,13,16,19-20H2,1-5H3. The van der Waals surface area contributed by atoms with E-state index < -0.39 is 0 Å². The lowest BCUT2D eigenvalue weighted by molar-refractivity contribution is -0.134. The van der Waals surface area contributed by atoms with Gasteiger partial charge in [-0.15, -0.1) is 0 Å². The summed E-state index contributed by atoms with van der Waals surface area (Å²) in [5, 5.41) is 0.571. The molecule has 0 N–H and O–H groups in total. The number of hydrogen-bond donors (Lipinski definition) is 0. The number of carbonyl (C=O) groups excluding carboxylic acids is 1. The molecule has 194 valence electrons. The van der Waals surface area contributed by atoms with Crippen molar-refractivity contribution in [1.29, 1.82) is 0 Å². The van der Waals surface area contributed by atoms with Crippen LogP contribution in [-0.2, 0) is 9.53 Å². The lowest BCUT2D eigenvalue weighted by Crippen LogP contribution is -2.38. The van der Waals surface area contributed by atoms with E-state index >= 15 is 0 Å². The number of ether oxygens (including phenoxy) is 1. The van der Waals surface area contributed by atoms with Crippen LogP contribution in [0.4, 0.5) is 0 Å². The van der Waals surface area contributed by atoms with Crippen molar-refractivity contribution < 1.29 is 9.53 Å². The Balaban J connectivity index is 2.06. The van der Waals surface area contributed by atoms with E-state index in [-0.39, 0.29) is 17.5 Å². The van der Waals surface area contributed by atoms with Gasteiger partial charge in [0, 0.05) is 26.7 Å². The van der Waals surface area contributed by atoms with Crippen LogP contribution in [-0.4, -0.2) is 40.6 Å². The van der Waals surface area contributed by atoms with Gasteiger partial charge in [-0.25, -0.2) is 4.98 Å². The molecule has 1 atom stereocenters. The van der Waals surface area contributed by atoms with Crippen molar-refractivity contribution in [3.05, 3.63) is 69.8 Å². The van der Waals surface area contributed by atoms with Gasteiger partial charge in [0.1, 0.15) is 5.82 Å². The van der Waals surface area contributed by atoms with Crippen LogP contribution in [0, 0.1) is 13.8 Å². The highest BCUT2D eigenvalue weighted by Gasteiger charge is 2.26. The molecule has 3 rings (SSSR count). The second-order valence-electron chi connectivity index (χ2n) is 9.69. The van der Waals surface area contributed by atoms with Crippen LogP contribution in [0.15, 0.2) is 47.3 Å². The van der Waals surface area contributed by atoms with E-state index in [0.717, 1.165) is 42.5 Å². The highest BCUT2D eigenvalue weighted by Crippen LogP contribution is 2.26. The van der Waals surface area contributed by atoms with Gasteiger partial charge in [0.2, 0.25) is 5.91 Å². The minimum atomic E-state index is -0.372. The number of aryl methyl sites for hydroxylation is 2. The predicted octanol–water partition coefficient (Wildman–Crippen LogP) is 6.29. The van der Waals surface area contributed by atoms with Gasteiger partial charge in [0.25, 0.3) is 5.56 Å². The zero-order chi connectivity index (χ0) is 26.1. The number of hydrogen-bond acceptors (Lipinski definition) is 4. The Morgan fingerprint density at radius 3 is 2.53 bits per heavy atom. The lowest BCUT2D eigenvalue weighted by atomic mass is 10.1. The first-order valence-corrected chi connectivity index (χ1v) is 13.3. The normalized spacial score (nSPS) is 12.1. The summed E-state index contributed by atoms with van der Waals surface area (Å²) in [5.74, 6) is 0.687. The minimum absolute atomic E-state index is 0.102. The monoisotopic (exact) mass is 491 g/mol. The summed E-state index contributed by atoms with van der Waals surface area (Å²) >= 11 is 0. The molecule has 0 bridgehead atoms. The van der Waals surface area contributed by atoms with Crippen molar-refractivity contribution in [3.63, 3.8) is 0 Å². The highest BCUT2D eigenvalue weighted by atomic mass is 16.5. The van der Waals surface area contributed by atoms with Gasteiger partial charge in [-0.05, 0) is 57.4 Å². The zero-order valence-electron chi connectivity index (χ0n) is 22.5. The van der Waals surface area contributed by atoms with Crippen molar-refractivity contribution in [1.82, 2.24) is 14.5 Å². The molecule has 6 nitrogen and oxygen atoms in total. The van der Waals surface area contributed by atoms with E-state index in [4.69, 9.17) is 9.72 Å². The fourth-order valence-electron chi connectivity index (χ4n) is 4.80. The smallest absolute Gasteiger partial charge is 0.266 e. The van der Waals surface area contributed by atoms with E-state index in [0.29, 0.717) is 36.3 Å². The maximum atomic E-state index is 13.8. The maximum absolute atomic E-state index is 13.8. The van der Waals surface area contributed by atoms with Gasteiger partial charge in [0.05, 0.1) is 22.6 Å². The van der Waals surface area contributed by atoms with Crippen molar-refractivity contribution in [2.75, 3.05) is 20.3 Å². The number of unbranched alkanes of at least 4 members (excludes halogenated alkanes) is 4. The number of para-hydroxylation sites is 1. The Morgan fingerprint density at radius 2 is 1.81 bits per heavy atom. The fourth-order valence-corrected chi connectivity index (χ4v) is 4.80. The van der Waals surface area contributed by atoms with Crippen LogP contribution in [0.5, 0.6) is 0 Å². The van der Waals surface area contributed by atoms with E-state index in [1.165, 1.54) is 12.8 Å². The largest absolute Gasteiger partial charge is 0.385 e. The van der Waals surface area contributed by atoms with E-state index in [2.05, 4.69) is 13.0 Å². The number of nitrogens with zero attached hydrogens (tertiary/aromatic N) is 3. The quantitative estimate of drug-likeness (QED) is 0.264. The molecule has 36 heavy (non-hydrogen) atoms. The Labute approximate surface area is 215 Å². The molecule has 0 aliphatic carbocycles. The van der Waals surface area contributed by atoms with Crippen LogP contribution in [0.1, 0.15) is 81.8 Å². The van der Waals surface area contributed by atoms with Gasteiger partial charge < -0.3 is 9.64 Å². The number of rotatable bonds is 13. The molecule has 0 saturated heterocycles. The molecule has 0 radical (unpaired) electrons. The first-order valence-electron chi connectivity index (χ1n) is 13.3. The molecule has 1 heterocycles. The third-order valence-corrected chi connectivity index (χ3v) is 6.80. The van der Waals surface area contributed by atoms with Crippen LogP contribution in [0.25, 0.3) is 16.6 Å². The number of amides is 1. The van der Waals surface area contributed by atoms with E-state index in [1.54, 1.807) is 11.7 Å². The molecule has 3 aromatic rings. The molecule has 0 fully saturated rings. The Kier molecular flexibility index (Phi) is 10.2. The molecule has 1 aromatic heterocycles. The third kappa shape index (κ3) is 6.61. The minimum Gasteiger partial charge on any atom is -0.385 e. The van der Waals surface area contributed by atoms with Crippen molar-refractivity contribution in [2.24, 2.45) is 0 Å². The second kappa shape index (κ2) is 13.4. The van der Waals surface area contributed by atoms with E-state index in [1.807, 2.05) is 62.1 Å². The second-order valence-corrected chi connectivity index (χ2v) is 9.69. The summed E-state index contributed by atoms with van der Waals surface area (Å²) in [7, 11) is 1.67. The van der Waals surface area contributed by atoms with Gasteiger partial charge in [-0.1, -0.05) is 62.4 Å². The SMILES string of the molecule is CCCCCCCC(=O)N(CCCOC)C(C)c1nc2ccccc2c(=O)n1-c1ccc(C)cc1C. The molecular weight excluding hydrogens is 450 g/mol. The van der Waals surface area contributed by atoms with E-state index in [9.17, 15) is 9.59 Å². The Morgan fingerprint density at radius 1 is 1.06 bits per heavy atom. The average Bonchev–Trinajstić information content (AvgIpc) is 2.86. The molecule has 1 unspecified atom stereocenters. The summed E-state index contributed by atoms with van der Waals surface area (Å²) in [4.78, 5) is 34.1. The Hall–Kier alpha value is -2.99. The third-order valence-electron chi connectivity index (χ3n) is 6.80. The van der Waals surface area contributed by atoms with Crippen LogP contribution < -0.4 is 5.56 Å². The first kappa shape index (κ1) is 27.6. The van der Waals surface area contributed by atoms with Gasteiger partial charge >= 0.3 is 0 Å². The zero-order valence-corrected chi connectivity index (χ0v) is 22.5. The van der Waals surface area contributed by atoms with Gasteiger partial charge in [0.15, 0.2) is 0 Å². The average molecular weight is 492 g/mol. The van der Waals surface area contributed by atoms with Crippen LogP contribution >= 0.6 is 0 Å². The Bertz CT molecular complexity index is 1220. The predicted molar refractivity (Wildman–Crippen MR) is 147 cm³/mol. The highest BCUT2D eigenvalue weighted by molar-refractivity contribution is 5.79. The molecule has 0 aliphatic rings. The van der Waals surface area contributed by atoms with Crippen molar-refractivity contribution >= 4 is 16.8 Å². The van der Waals surface area contributed by atoms with Crippen molar-refractivity contribution in [3.8, 4) is 5.69 Å². The molecule has 0 saturated carbocycles. The number of carbonyl (C=O) groups is 1. The van der Waals surface area contributed by atoms with Crippen molar-refractivity contribution in [2.45, 2.75) is 78.7 Å². The number of benzene rings is 2. The molecule has 1 amide bonds. The summed E-state index contributed by atoms with van der Waals surface area (Å²) in [5.41, 5.74) is 3.46. The summed E-state index contributed by atoms with van der Waals surface area (Å²) < 4.78 is 6.98. The molecule has 0 spiro atoms. The first-order chi connectivity index (χ1) is 17.4. The van der Waals surface area contributed by atoms with Gasteiger partial charge in [-0.2, -0.15) is 0 Å². The topological polar surface area (TPSA) is 64.4 Å². The summed E-state index contributed by atoms with van der Waals surface area (Å²) in [6.45, 7) is 9.35. The number of fused-ring (bicyclic) bond motifs is 1. The summed E-state index contributed by atoms with van der Waals surface area (Å²) in [6.07, 6.45) is 6.69. The fraction of sp³-hybridized carbons (Fsp3) is 0.500.